The Hall–Kier alpha value is -2.46. The first-order valence-corrected chi connectivity index (χ1v) is 10.6. The fourth-order valence-electron chi connectivity index (χ4n) is 2.71. The molecule has 1 aromatic carbocycles. The quantitative estimate of drug-likeness (QED) is 0.557. The Morgan fingerprint density at radius 3 is 2.24 bits per heavy atom. The number of aryl methyl sites for hydroxylation is 1. The van der Waals surface area contributed by atoms with Gasteiger partial charge in [0.25, 0.3) is 5.91 Å². The van der Waals surface area contributed by atoms with E-state index in [-0.39, 0.29) is 23.3 Å². The molecular weight excluding hydrogens is 400 g/mol. The molecule has 0 aromatic heterocycles. The van der Waals surface area contributed by atoms with Crippen LogP contribution in [0.4, 0.5) is 0 Å². The predicted molar refractivity (Wildman–Crippen MR) is 106 cm³/mol. The predicted octanol–water partition coefficient (Wildman–Crippen LogP) is 1.25. The highest BCUT2D eigenvalue weighted by molar-refractivity contribution is 7.89. The van der Waals surface area contributed by atoms with E-state index in [9.17, 15) is 22.8 Å². The lowest BCUT2D eigenvalue weighted by atomic mass is 10.1. The van der Waals surface area contributed by atoms with Crippen LogP contribution in [-0.4, -0.2) is 63.9 Å². The Bertz CT molecular complexity index is 848. The SMILES string of the molecule is CCN(CC)S(=O)(=O)c1ccc(C)c(C(=O)N[C@H](CCC(=O)OC)C(=O)OC)c1. The van der Waals surface area contributed by atoms with Crippen molar-refractivity contribution in [2.75, 3.05) is 27.3 Å². The van der Waals surface area contributed by atoms with Gasteiger partial charge in [-0.1, -0.05) is 19.9 Å². The summed E-state index contributed by atoms with van der Waals surface area (Å²) in [5.41, 5.74) is 0.655. The van der Waals surface area contributed by atoms with Gasteiger partial charge in [0, 0.05) is 25.1 Å². The van der Waals surface area contributed by atoms with Crippen LogP contribution in [0.3, 0.4) is 0 Å². The van der Waals surface area contributed by atoms with Crippen molar-refractivity contribution in [2.45, 2.75) is 44.6 Å². The second-order valence-electron chi connectivity index (χ2n) is 6.23. The lowest BCUT2D eigenvalue weighted by Gasteiger charge is -2.20. The zero-order chi connectivity index (χ0) is 22.2. The number of nitrogens with zero attached hydrogens (tertiary/aromatic N) is 1. The molecule has 1 aromatic rings. The van der Waals surface area contributed by atoms with Gasteiger partial charge >= 0.3 is 11.9 Å². The number of carbonyl (C=O) groups is 3. The van der Waals surface area contributed by atoms with Gasteiger partial charge in [-0.2, -0.15) is 4.31 Å². The fourth-order valence-corrected chi connectivity index (χ4v) is 4.20. The van der Waals surface area contributed by atoms with Crippen molar-refractivity contribution < 1.29 is 32.3 Å². The van der Waals surface area contributed by atoms with E-state index in [0.717, 1.165) is 0 Å². The summed E-state index contributed by atoms with van der Waals surface area (Å²) in [5, 5.41) is 2.51. The summed E-state index contributed by atoms with van der Waals surface area (Å²) in [6, 6.07) is 3.18. The molecule has 29 heavy (non-hydrogen) atoms. The number of hydrogen-bond donors (Lipinski definition) is 1. The average molecular weight is 429 g/mol. The van der Waals surface area contributed by atoms with Crippen molar-refractivity contribution in [1.82, 2.24) is 9.62 Å². The van der Waals surface area contributed by atoms with E-state index in [1.54, 1.807) is 20.8 Å². The van der Waals surface area contributed by atoms with Crippen LogP contribution in [0.25, 0.3) is 0 Å². The normalized spacial score (nSPS) is 12.3. The van der Waals surface area contributed by atoms with Crippen LogP contribution in [0.15, 0.2) is 23.1 Å². The molecule has 0 heterocycles. The van der Waals surface area contributed by atoms with Crippen molar-refractivity contribution in [2.24, 2.45) is 0 Å². The van der Waals surface area contributed by atoms with Crippen LogP contribution in [-0.2, 0) is 29.1 Å². The number of nitrogens with one attached hydrogen (secondary N) is 1. The van der Waals surface area contributed by atoms with Crippen molar-refractivity contribution in [3.05, 3.63) is 29.3 Å². The van der Waals surface area contributed by atoms with E-state index in [0.29, 0.717) is 18.7 Å². The molecule has 162 valence electrons. The van der Waals surface area contributed by atoms with Gasteiger partial charge in [-0.3, -0.25) is 9.59 Å². The molecule has 0 fully saturated rings. The summed E-state index contributed by atoms with van der Waals surface area (Å²) in [6.07, 6.45) is -0.104. The highest BCUT2D eigenvalue weighted by Crippen LogP contribution is 2.20. The Labute approximate surface area is 171 Å². The minimum absolute atomic E-state index is 0.0123. The molecule has 1 amide bonds. The van der Waals surface area contributed by atoms with E-state index >= 15 is 0 Å². The summed E-state index contributed by atoms with van der Waals surface area (Å²) < 4.78 is 36.0. The first-order chi connectivity index (χ1) is 13.6. The molecule has 10 heteroatoms. The lowest BCUT2D eigenvalue weighted by molar-refractivity contribution is -0.144. The number of carbonyl (C=O) groups excluding carboxylic acids is 3. The van der Waals surface area contributed by atoms with Gasteiger partial charge in [0.15, 0.2) is 0 Å². The molecule has 0 saturated carbocycles. The molecule has 0 radical (unpaired) electrons. The average Bonchev–Trinajstić information content (AvgIpc) is 2.70. The molecule has 1 rings (SSSR count). The zero-order valence-electron chi connectivity index (χ0n) is 17.4. The van der Waals surface area contributed by atoms with Crippen LogP contribution in [0, 0.1) is 6.92 Å². The zero-order valence-corrected chi connectivity index (χ0v) is 18.2. The topological polar surface area (TPSA) is 119 Å². The van der Waals surface area contributed by atoms with Gasteiger partial charge in [-0.25, -0.2) is 13.2 Å². The summed E-state index contributed by atoms with van der Waals surface area (Å²) in [6.45, 7) is 5.71. The molecule has 1 N–H and O–H groups in total. The Kier molecular flexibility index (Phi) is 9.25. The second-order valence-corrected chi connectivity index (χ2v) is 8.17. The summed E-state index contributed by atoms with van der Waals surface area (Å²) in [7, 11) is -1.36. The molecule has 0 spiro atoms. The molecule has 0 unspecified atom stereocenters. The first-order valence-electron chi connectivity index (χ1n) is 9.18. The highest BCUT2D eigenvalue weighted by Gasteiger charge is 2.26. The van der Waals surface area contributed by atoms with E-state index in [4.69, 9.17) is 0 Å². The Morgan fingerprint density at radius 2 is 1.72 bits per heavy atom. The van der Waals surface area contributed by atoms with Crippen LogP contribution in [0.2, 0.25) is 0 Å². The molecule has 0 bridgehead atoms. The summed E-state index contributed by atoms with van der Waals surface area (Å²) in [4.78, 5) is 36.1. The number of hydrogen-bond acceptors (Lipinski definition) is 7. The van der Waals surface area contributed by atoms with E-state index in [1.165, 1.54) is 36.7 Å². The van der Waals surface area contributed by atoms with Gasteiger partial charge < -0.3 is 14.8 Å². The molecule has 0 saturated heterocycles. The van der Waals surface area contributed by atoms with Crippen molar-refractivity contribution in [3.8, 4) is 0 Å². The first kappa shape index (κ1) is 24.6. The minimum Gasteiger partial charge on any atom is -0.469 e. The monoisotopic (exact) mass is 428 g/mol. The third-order valence-corrected chi connectivity index (χ3v) is 6.50. The van der Waals surface area contributed by atoms with Gasteiger partial charge in [-0.15, -0.1) is 0 Å². The maximum absolute atomic E-state index is 12.8. The number of benzene rings is 1. The van der Waals surface area contributed by atoms with E-state index in [1.807, 2.05) is 0 Å². The maximum atomic E-state index is 12.8. The van der Waals surface area contributed by atoms with E-state index in [2.05, 4.69) is 14.8 Å². The number of ether oxygens (including phenoxy) is 2. The third kappa shape index (κ3) is 6.26. The number of esters is 2. The number of amides is 1. The van der Waals surface area contributed by atoms with Gasteiger partial charge in [0.1, 0.15) is 6.04 Å². The van der Waals surface area contributed by atoms with Crippen molar-refractivity contribution in [1.29, 1.82) is 0 Å². The number of rotatable bonds is 10. The smallest absolute Gasteiger partial charge is 0.328 e. The summed E-state index contributed by atoms with van der Waals surface area (Å²) >= 11 is 0. The van der Waals surface area contributed by atoms with Gasteiger partial charge in [0.05, 0.1) is 19.1 Å². The minimum atomic E-state index is -3.75. The van der Waals surface area contributed by atoms with Gasteiger partial charge in [0.2, 0.25) is 10.0 Å². The summed E-state index contributed by atoms with van der Waals surface area (Å²) in [5.74, 6) is -1.89. The highest BCUT2D eigenvalue weighted by atomic mass is 32.2. The van der Waals surface area contributed by atoms with Crippen LogP contribution >= 0.6 is 0 Å². The Morgan fingerprint density at radius 1 is 1.10 bits per heavy atom. The molecule has 0 aliphatic carbocycles. The second kappa shape index (κ2) is 10.9. The fraction of sp³-hybridized carbons (Fsp3) is 0.526. The Balaban J connectivity index is 3.17. The largest absolute Gasteiger partial charge is 0.469 e. The van der Waals surface area contributed by atoms with E-state index < -0.39 is 33.9 Å². The number of methoxy groups -OCH3 is 2. The molecule has 0 aliphatic rings. The van der Waals surface area contributed by atoms with Crippen LogP contribution < -0.4 is 5.32 Å². The maximum Gasteiger partial charge on any atom is 0.328 e. The van der Waals surface area contributed by atoms with Crippen LogP contribution in [0.5, 0.6) is 0 Å². The molecule has 1 atom stereocenters. The standard InChI is InChI=1S/C19H28N2O7S/c1-6-21(7-2)29(25,26)14-9-8-13(3)15(12-14)18(23)20-16(19(24)28-5)10-11-17(22)27-4/h8-9,12,16H,6-7,10-11H2,1-5H3,(H,20,23)/t16-/m1/s1. The lowest BCUT2D eigenvalue weighted by Crippen LogP contribution is -2.42. The van der Waals surface area contributed by atoms with Crippen molar-refractivity contribution in [3.63, 3.8) is 0 Å². The molecule has 9 nitrogen and oxygen atoms in total. The van der Waals surface area contributed by atoms with Crippen molar-refractivity contribution >= 4 is 27.9 Å². The molecule has 0 aliphatic heterocycles. The molecular formula is C19H28N2O7S. The van der Waals surface area contributed by atoms with Crippen LogP contribution in [0.1, 0.15) is 42.6 Å². The number of sulfonamides is 1. The van der Waals surface area contributed by atoms with Gasteiger partial charge in [-0.05, 0) is 31.0 Å². The third-order valence-electron chi connectivity index (χ3n) is 4.45.